The average molecular weight is 948 g/mol. The predicted octanol–water partition coefficient (Wildman–Crippen LogP) is 10.4. The SMILES string of the molecule is CC/C=C\C/C=C\C/C=C\C/C=C\C/C=C\C/C=C\CCC(=O)Nc1ccc(CN2CCN(C(=O)Oc3ccc4nc5c(cc4c3C/N=N/C)Cn3c-5cc4c(c3=O)COC(=O)[C@]4(O)CC)CC2)cc1. The number of aliphatic hydroxyl groups is 1. The zero-order valence-corrected chi connectivity index (χ0v) is 40.6. The number of allylic oxidation sites excluding steroid dienone is 12. The Morgan fingerprint density at radius 3 is 2.11 bits per heavy atom. The number of benzene rings is 2. The summed E-state index contributed by atoms with van der Waals surface area (Å²) in [6.45, 7) is 6.97. The molecule has 2 N–H and O–H groups in total. The minimum Gasteiger partial charge on any atom is -0.458 e. The largest absolute Gasteiger partial charge is 0.458 e. The second-order valence-corrected chi connectivity index (χ2v) is 17.5. The summed E-state index contributed by atoms with van der Waals surface area (Å²) in [4.78, 5) is 61.5. The van der Waals surface area contributed by atoms with Crippen LogP contribution in [0.4, 0.5) is 10.5 Å². The molecule has 2 aromatic heterocycles. The number of hydrogen-bond donors (Lipinski definition) is 2. The maximum atomic E-state index is 13.7. The van der Waals surface area contributed by atoms with E-state index < -0.39 is 17.7 Å². The van der Waals surface area contributed by atoms with Crippen LogP contribution in [0.5, 0.6) is 5.75 Å². The van der Waals surface area contributed by atoms with Crippen molar-refractivity contribution in [3.8, 4) is 17.1 Å². The highest BCUT2D eigenvalue weighted by molar-refractivity contribution is 5.91. The average Bonchev–Trinajstić information content (AvgIpc) is 3.73. The normalized spacial score (nSPS) is 17.3. The first kappa shape index (κ1) is 50.8. The van der Waals surface area contributed by atoms with Crippen molar-refractivity contribution in [2.75, 3.05) is 38.5 Å². The maximum Gasteiger partial charge on any atom is 0.415 e. The first-order valence-corrected chi connectivity index (χ1v) is 24.5. The van der Waals surface area contributed by atoms with Gasteiger partial charge in [0.25, 0.3) is 5.56 Å². The second-order valence-electron chi connectivity index (χ2n) is 17.5. The highest BCUT2D eigenvalue weighted by Gasteiger charge is 2.45. The third-order valence-corrected chi connectivity index (χ3v) is 12.7. The van der Waals surface area contributed by atoms with Crippen molar-refractivity contribution >= 4 is 34.6 Å². The Hall–Kier alpha value is -7.03. The van der Waals surface area contributed by atoms with Crippen LogP contribution in [0.1, 0.15) is 99.5 Å². The molecule has 14 nitrogen and oxygen atoms in total. The number of cyclic esters (lactones) is 1. The third kappa shape index (κ3) is 12.8. The molecule has 3 aliphatic heterocycles. The van der Waals surface area contributed by atoms with E-state index in [0.717, 1.165) is 55.3 Å². The summed E-state index contributed by atoms with van der Waals surface area (Å²) in [6.07, 6.45) is 32.5. The van der Waals surface area contributed by atoms with Crippen molar-refractivity contribution < 1.29 is 29.0 Å². The van der Waals surface area contributed by atoms with E-state index in [9.17, 15) is 24.3 Å². The lowest BCUT2D eigenvalue weighted by Gasteiger charge is -2.34. The molecule has 1 atom stereocenters. The highest BCUT2D eigenvalue weighted by atomic mass is 16.6. The van der Waals surface area contributed by atoms with E-state index in [2.05, 4.69) is 100 Å². The summed E-state index contributed by atoms with van der Waals surface area (Å²) in [5.74, 6) is -0.446. The fraction of sp³-hybridized carbons (Fsp3) is 0.375. The molecule has 70 heavy (non-hydrogen) atoms. The van der Waals surface area contributed by atoms with Crippen molar-refractivity contribution in [1.82, 2.24) is 19.4 Å². The number of aromatic nitrogens is 2. The molecule has 0 radical (unpaired) electrons. The maximum absolute atomic E-state index is 13.7. The number of nitrogens with zero attached hydrogens (tertiary/aromatic N) is 6. The number of ether oxygens (including phenoxy) is 2. The van der Waals surface area contributed by atoms with Gasteiger partial charge >= 0.3 is 12.1 Å². The number of esters is 1. The third-order valence-electron chi connectivity index (χ3n) is 12.7. The van der Waals surface area contributed by atoms with E-state index in [4.69, 9.17) is 14.5 Å². The van der Waals surface area contributed by atoms with Crippen LogP contribution in [0.25, 0.3) is 22.3 Å². The first-order valence-electron chi connectivity index (χ1n) is 24.5. The van der Waals surface area contributed by atoms with Crippen molar-refractivity contribution in [2.45, 2.75) is 103 Å². The number of amides is 2. The molecule has 1 saturated heterocycles. The quantitative estimate of drug-likeness (QED) is 0.0413. The summed E-state index contributed by atoms with van der Waals surface area (Å²) in [7, 11) is 1.58. The van der Waals surface area contributed by atoms with Crippen LogP contribution < -0.4 is 15.6 Å². The molecule has 0 saturated carbocycles. The van der Waals surface area contributed by atoms with Crippen LogP contribution in [0.15, 0.2) is 136 Å². The Morgan fingerprint density at radius 1 is 0.843 bits per heavy atom. The molecule has 0 spiro atoms. The number of azo groups is 1. The fourth-order valence-corrected chi connectivity index (χ4v) is 8.77. The van der Waals surface area contributed by atoms with Crippen LogP contribution in [0.3, 0.4) is 0 Å². The van der Waals surface area contributed by atoms with E-state index in [0.29, 0.717) is 79.2 Å². The fourth-order valence-electron chi connectivity index (χ4n) is 8.77. The number of hydrogen-bond acceptors (Lipinski definition) is 11. The van der Waals surface area contributed by atoms with Gasteiger partial charge in [-0.25, -0.2) is 14.6 Å². The summed E-state index contributed by atoms with van der Waals surface area (Å²) in [5.41, 5.74) is 3.20. The number of carbonyl (C=O) groups is 3. The second kappa shape index (κ2) is 25.0. The van der Waals surface area contributed by atoms with E-state index >= 15 is 0 Å². The Bertz CT molecular complexity index is 2780. The van der Waals surface area contributed by atoms with Gasteiger partial charge in [0.2, 0.25) is 5.91 Å². The standard InChI is InChI=1S/C56H65N7O7/c1-4-6-7-8-9-10-11-12-13-14-15-16-17-18-19-20-21-22-23-24-51(64)59-43-27-25-41(26-28-43)38-61-31-33-62(34-32-61)55(67)70-50-30-29-48-44(45(50)37-58-57-3)35-42-39-63-49(52(42)60-48)36-47-46(53(63)65)40-69-54(66)56(47,68)5-2/h6-7,9-10,12-13,15-16,18-19,21-22,25-30,35-36,68H,4-5,8,11,14,17,20,23-24,31-34,37-40H2,1-3H3,(H,59,64)/b7-6-,10-9-,13-12-,16-15-,19-18-,22-21-,58-57+/t56-/m0/s1. The summed E-state index contributed by atoms with van der Waals surface area (Å²) in [6, 6.07) is 15.0. The summed E-state index contributed by atoms with van der Waals surface area (Å²) in [5, 5.41) is 23.2. The lowest BCUT2D eigenvalue weighted by molar-refractivity contribution is -0.172. The number of nitrogens with one attached hydrogen (secondary N) is 1. The molecule has 1 fully saturated rings. The molecule has 4 aromatic rings. The number of piperazine rings is 1. The Labute approximate surface area is 410 Å². The Kier molecular flexibility index (Phi) is 18.2. The topological polar surface area (TPSA) is 168 Å². The van der Waals surface area contributed by atoms with Crippen LogP contribution in [-0.4, -0.2) is 75.7 Å². The van der Waals surface area contributed by atoms with Crippen molar-refractivity contribution in [3.05, 3.63) is 160 Å². The molecule has 3 aliphatic rings. The van der Waals surface area contributed by atoms with Crippen LogP contribution in [-0.2, 0) is 46.2 Å². The lowest BCUT2D eigenvalue weighted by Crippen LogP contribution is -2.49. The zero-order chi connectivity index (χ0) is 49.3. The molecule has 0 aliphatic carbocycles. The predicted molar refractivity (Wildman–Crippen MR) is 274 cm³/mol. The Morgan fingerprint density at radius 2 is 1.49 bits per heavy atom. The number of rotatable bonds is 21. The molecule has 0 bridgehead atoms. The number of anilines is 1. The van der Waals surface area contributed by atoms with Gasteiger partial charge in [-0.2, -0.15) is 10.2 Å². The summed E-state index contributed by atoms with van der Waals surface area (Å²) >= 11 is 0. The number of fused-ring (bicyclic) bond motifs is 5. The van der Waals surface area contributed by atoms with Crippen LogP contribution >= 0.6 is 0 Å². The van der Waals surface area contributed by atoms with E-state index in [-0.39, 0.29) is 48.7 Å². The first-order chi connectivity index (χ1) is 34.1. The highest BCUT2D eigenvalue weighted by Crippen LogP contribution is 2.40. The molecular formula is C56H65N7O7. The van der Waals surface area contributed by atoms with Crippen LogP contribution in [0.2, 0.25) is 0 Å². The number of carbonyl (C=O) groups excluding carboxylic acids is 3. The van der Waals surface area contributed by atoms with Gasteiger partial charge in [0.1, 0.15) is 12.4 Å². The smallest absolute Gasteiger partial charge is 0.415 e. The molecule has 5 heterocycles. The Balaban J connectivity index is 0.838. The molecule has 366 valence electrons. The van der Waals surface area contributed by atoms with Gasteiger partial charge in [-0.3, -0.25) is 14.5 Å². The molecule has 2 amide bonds. The molecule has 2 aromatic carbocycles. The van der Waals surface area contributed by atoms with Gasteiger partial charge in [0.05, 0.1) is 35.6 Å². The zero-order valence-electron chi connectivity index (χ0n) is 40.6. The summed E-state index contributed by atoms with van der Waals surface area (Å²) < 4.78 is 12.8. The van der Waals surface area contributed by atoms with Gasteiger partial charge in [0, 0.05) is 74.0 Å². The monoisotopic (exact) mass is 947 g/mol. The van der Waals surface area contributed by atoms with Gasteiger partial charge in [0.15, 0.2) is 5.60 Å². The molecule has 0 unspecified atom stereocenters. The molecular weight excluding hydrogens is 883 g/mol. The number of pyridine rings is 2. The van der Waals surface area contributed by atoms with Gasteiger partial charge in [-0.15, -0.1) is 0 Å². The minimum atomic E-state index is -1.92. The molecule has 7 rings (SSSR count). The van der Waals surface area contributed by atoms with Crippen molar-refractivity contribution in [3.63, 3.8) is 0 Å². The van der Waals surface area contributed by atoms with E-state index in [1.807, 2.05) is 30.3 Å². The van der Waals surface area contributed by atoms with Crippen molar-refractivity contribution in [2.24, 2.45) is 10.2 Å². The van der Waals surface area contributed by atoms with Crippen molar-refractivity contribution in [1.29, 1.82) is 0 Å². The van der Waals surface area contributed by atoms with Gasteiger partial charge < -0.3 is 29.4 Å². The van der Waals surface area contributed by atoms with Gasteiger partial charge in [-0.05, 0) is 93.3 Å². The minimum absolute atomic E-state index is 0.0216. The van der Waals surface area contributed by atoms with Gasteiger partial charge in [-0.1, -0.05) is 98.9 Å². The molecule has 14 heteroatoms. The lowest BCUT2D eigenvalue weighted by atomic mass is 9.86. The van der Waals surface area contributed by atoms with E-state index in [1.54, 1.807) is 41.6 Å². The van der Waals surface area contributed by atoms with Crippen LogP contribution in [0, 0.1) is 0 Å². The van der Waals surface area contributed by atoms with E-state index in [1.165, 1.54) is 0 Å².